The Kier molecular flexibility index (Phi) is 7.49. The molecular formula is C23H35Cl. The second-order valence-electron chi connectivity index (χ2n) is 8.21. The normalized spacial score (nSPS) is 33.5. The van der Waals surface area contributed by atoms with Gasteiger partial charge in [0.25, 0.3) is 0 Å². The standard InChI is InChI=1S/C23H35Cl/c1-5-7-9-11-19-16-21-13-12-20(23(21,4)17-19)14-15-22(24)18(3)10-8-6-2/h11,14-15,18,20-22H,5,7,9-10,12-13,16-17H2,1-4H3/b15-14+,19-11+. The van der Waals surface area contributed by atoms with E-state index in [1.807, 2.05) is 6.92 Å². The molecule has 0 aromatic rings. The molecule has 0 aromatic carbocycles. The average Bonchev–Trinajstić information content (AvgIpc) is 3.03. The Labute approximate surface area is 155 Å². The highest BCUT2D eigenvalue weighted by atomic mass is 35.5. The van der Waals surface area contributed by atoms with Gasteiger partial charge >= 0.3 is 0 Å². The van der Waals surface area contributed by atoms with Gasteiger partial charge in [0.05, 0.1) is 5.38 Å². The van der Waals surface area contributed by atoms with Gasteiger partial charge in [-0.1, -0.05) is 57.4 Å². The molecule has 0 heterocycles. The van der Waals surface area contributed by atoms with E-state index in [2.05, 4.69) is 50.8 Å². The first kappa shape index (κ1) is 19.7. The van der Waals surface area contributed by atoms with Gasteiger partial charge in [0.1, 0.15) is 0 Å². The lowest BCUT2D eigenvalue weighted by Gasteiger charge is -2.29. The van der Waals surface area contributed by atoms with Gasteiger partial charge in [-0.3, -0.25) is 0 Å². The van der Waals surface area contributed by atoms with E-state index in [0.29, 0.717) is 17.3 Å². The van der Waals surface area contributed by atoms with E-state index in [1.54, 1.807) is 5.57 Å². The Morgan fingerprint density at radius 1 is 1.38 bits per heavy atom. The second-order valence-corrected chi connectivity index (χ2v) is 8.71. The van der Waals surface area contributed by atoms with Crippen LogP contribution in [-0.4, -0.2) is 5.38 Å². The molecule has 0 aliphatic heterocycles. The number of alkyl halides is 1. The summed E-state index contributed by atoms with van der Waals surface area (Å²) in [6.45, 7) is 8.90. The molecule has 134 valence electrons. The van der Waals surface area contributed by atoms with Crippen molar-refractivity contribution in [2.24, 2.45) is 23.2 Å². The topological polar surface area (TPSA) is 0 Å². The summed E-state index contributed by atoms with van der Waals surface area (Å²) in [6.07, 6.45) is 17.4. The molecule has 0 spiro atoms. The van der Waals surface area contributed by atoms with Gasteiger partial charge in [0, 0.05) is 6.42 Å². The Hall–Kier alpha value is -0.670. The number of hydrogen-bond donors (Lipinski definition) is 0. The molecule has 2 rings (SSSR count). The largest absolute Gasteiger partial charge is 0.118 e. The number of halogens is 1. The fourth-order valence-electron chi connectivity index (χ4n) is 4.62. The molecule has 0 N–H and O–H groups in total. The maximum absolute atomic E-state index is 6.58. The number of allylic oxidation sites excluding steroid dienone is 4. The zero-order valence-corrected chi connectivity index (χ0v) is 16.8. The zero-order valence-electron chi connectivity index (χ0n) is 16.1. The molecule has 5 unspecified atom stereocenters. The fraction of sp³-hybridized carbons (Fsp3) is 0.739. The molecule has 2 fully saturated rings. The minimum Gasteiger partial charge on any atom is -0.118 e. The van der Waals surface area contributed by atoms with E-state index < -0.39 is 0 Å². The Balaban J connectivity index is 1.96. The first-order valence-electron chi connectivity index (χ1n) is 9.91. The third-order valence-corrected chi connectivity index (χ3v) is 6.96. The third-order valence-electron chi connectivity index (χ3n) is 6.38. The van der Waals surface area contributed by atoms with E-state index in [-0.39, 0.29) is 5.38 Å². The van der Waals surface area contributed by atoms with Crippen LogP contribution in [0.5, 0.6) is 0 Å². The summed E-state index contributed by atoms with van der Waals surface area (Å²) in [4.78, 5) is 0. The van der Waals surface area contributed by atoms with E-state index >= 15 is 0 Å². The van der Waals surface area contributed by atoms with Crippen molar-refractivity contribution in [3.8, 4) is 11.8 Å². The van der Waals surface area contributed by atoms with Gasteiger partial charge in [0.2, 0.25) is 0 Å². The van der Waals surface area contributed by atoms with Crippen molar-refractivity contribution in [3.05, 3.63) is 23.8 Å². The Bertz CT molecular complexity index is 518. The molecule has 0 aromatic heterocycles. The molecular weight excluding hydrogens is 312 g/mol. The summed E-state index contributed by atoms with van der Waals surface area (Å²) in [5.74, 6) is 8.14. The lowest BCUT2D eigenvalue weighted by Crippen LogP contribution is -2.23. The first-order chi connectivity index (χ1) is 11.5. The smallest absolute Gasteiger partial charge is 0.0550 e. The van der Waals surface area contributed by atoms with E-state index in [0.717, 1.165) is 12.3 Å². The summed E-state index contributed by atoms with van der Waals surface area (Å²) < 4.78 is 0. The van der Waals surface area contributed by atoms with Gasteiger partial charge in [-0.05, 0) is 62.2 Å². The van der Waals surface area contributed by atoms with Crippen molar-refractivity contribution >= 4 is 11.6 Å². The zero-order chi connectivity index (χ0) is 17.6. The third kappa shape index (κ3) is 4.70. The Morgan fingerprint density at radius 3 is 2.88 bits per heavy atom. The maximum atomic E-state index is 6.58. The lowest BCUT2D eigenvalue weighted by molar-refractivity contribution is 0.228. The molecule has 24 heavy (non-hydrogen) atoms. The molecule has 0 saturated heterocycles. The van der Waals surface area contributed by atoms with Crippen LogP contribution in [0.1, 0.15) is 79.1 Å². The Morgan fingerprint density at radius 2 is 2.17 bits per heavy atom. The SMILES string of the molecule is CC#CCC(C)C(Cl)/C=C/C1CCC2C/C(=C\CCCC)CC12C. The van der Waals surface area contributed by atoms with Crippen molar-refractivity contribution in [2.45, 2.75) is 84.4 Å². The van der Waals surface area contributed by atoms with Crippen molar-refractivity contribution in [2.75, 3.05) is 0 Å². The number of unbranched alkanes of at least 4 members (excludes halogenated alkanes) is 2. The average molecular weight is 347 g/mol. The number of fused-ring (bicyclic) bond motifs is 1. The molecule has 0 bridgehead atoms. The van der Waals surface area contributed by atoms with E-state index in [4.69, 9.17) is 11.6 Å². The molecule has 5 atom stereocenters. The predicted octanol–water partition coefficient (Wildman–Crippen LogP) is 7.14. The summed E-state index contributed by atoms with van der Waals surface area (Å²) >= 11 is 6.58. The molecule has 2 saturated carbocycles. The summed E-state index contributed by atoms with van der Waals surface area (Å²) in [5, 5.41) is 0.106. The van der Waals surface area contributed by atoms with Crippen LogP contribution in [-0.2, 0) is 0 Å². The van der Waals surface area contributed by atoms with Crippen LogP contribution in [0.3, 0.4) is 0 Å². The van der Waals surface area contributed by atoms with Crippen molar-refractivity contribution in [1.29, 1.82) is 0 Å². The second kappa shape index (κ2) is 9.15. The number of rotatable bonds is 7. The van der Waals surface area contributed by atoms with Crippen molar-refractivity contribution in [1.82, 2.24) is 0 Å². The maximum Gasteiger partial charge on any atom is 0.0550 e. The monoisotopic (exact) mass is 346 g/mol. The van der Waals surface area contributed by atoms with Crippen molar-refractivity contribution in [3.63, 3.8) is 0 Å². The molecule has 0 nitrogen and oxygen atoms in total. The number of hydrogen-bond acceptors (Lipinski definition) is 0. The lowest BCUT2D eigenvalue weighted by atomic mass is 9.75. The van der Waals surface area contributed by atoms with Crippen LogP contribution in [0.15, 0.2) is 23.8 Å². The minimum atomic E-state index is 0.106. The van der Waals surface area contributed by atoms with Gasteiger partial charge in [-0.15, -0.1) is 23.4 Å². The summed E-state index contributed by atoms with van der Waals surface area (Å²) in [5.41, 5.74) is 2.19. The molecule has 2 aliphatic rings. The highest BCUT2D eigenvalue weighted by Gasteiger charge is 2.49. The van der Waals surface area contributed by atoms with Gasteiger partial charge in [-0.2, -0.15) is 0 Å². The summed E-state index contributed by atoms with van der Waals surface area (Å²) in [7, 11) is 0. The molecule has 0 amide bonds. The summed E-state index contributed by atoms with van der Waals surface area (Å²) in [6, 6.07) is 0. The van der Waals surface area contributed by atoms with Crippen LogP contribution < -0.4 is 0 Å². The van der Waals surface area contributed by atoms with Crippen LogP contribution >= 0.6 is 11.6 Å². The molecule has 0 radical (unpaired) electrons. The van der Waals surface area contributed by atoms with Crippen LogP contribution in [0.4, 0.5) is 0 Å². The first-order valence-corrected chi connectivity index (χ1v) is 10.3. The predicted molar refractivity (Wildman–Crippen MR) is 107 cm³/mol. The van der Waals surface area contributed by atoms with E-state index in [9.17, 15) is 0 Å². The van der Waals surface area contributed by atoms with Gasteiger partial charge in [-0.25, -0.2) is 0 Å². The van der Waals surface area contributed by atoms with E-state index in [1.165, 1.54) is 44.9 Å². The van der Waals surface area contributed by atoms with Gasteiger partial charge < -0.3 is 0 Å². The highest BCUT2D eigenvalue weighted by Crippen LogP contribution is 2.59. The van der Waals surface area contributed by atoms with Crippen molar-refractivity contribution < 1.29 is 0 Å². The molecule has 2 aliphatic carbocycles. The fourth-order valence-corrected chi connectivity index (χ4v) is 4.79. The van der Waals surface area contributed by atoms with Crippen LogP contribution in [0.25, 0.3) is 0 Å². The van der Waals surface area contributed by atoms with Crippen LogP contribution in [0, 0.1) is 35.0 Å². The quantitative estimate of drug-likeness (QED) is 0.199. The highest BCUT2D eigenvalue weighted by molar-refractivity contribution is 6.22. The molecule has 1 heteroatoms. The van der Waals surface area contributed by atoms with Gasteiger partial charge in [0.15, 0.2) is 0 Å². The minimum absolute atomic E-state index is 0.106. The van der Waals surface area contributed by atoms with Crippen LogP contribution in [0.2, 0.25) is 0 Å².